The molecule has 5 unspecified atom stereocenters. The molecule has 0 spiro atoms. The van der Waals surface area contributed by atoms with Crippen molar-refractivity contribution < 1.29 is 24.1 Å². The molecule has 1 heterocycles. The summed E-state index contributed by atoms with van der Waals surface area (Å²) in [6.07, 6.45) is 22.9. The van der Waals surface area contributed by atoms with Gasteiger partial charge in [-0.25, -0.2) is 0 Å². The van der Waals surface area contributed by atoms with E-state index < -0.39 is 6.10 Å². The van der Waals surface area contributed by atoms with Crippen molar-refractivity contribution in [3.63, 3.8) is 0 Å². The highest BCUT2D eigenvalue weighted by molar-refractivity contribution is 5.69. The van der Waals surface area contributed by atoms with Gasteiger partial charge in [-0.1, -0.05) is 62.6 Å². The molecule has 0 saturated carbocycles. The van der Waals surface area contributed by atoms with Gasteiger partial charge < -0.3 is 19.3 Å². The van der Waals surface area contributed by atoms with Crippen LogP contribution in [0.2, 0.25) is 0 Å². The number of aliphatic hydroxyl groups is 1. The molecular weight excluding hydrogens is 392 g/mol. The number of esters is 1. The Morgan fingerprint density at radius 1 is 1.23 bits per heavy atom. The predicted molar refractivity (Wildman–Crippen MR) is 123 cm³/mol. The molecule has 5 nitrogen and oxygen atoms in total. The molecule has 0 aromatic carbocycles. The normalized spacial score (nSPS) is 27.3. The van der Waals surface area contributed by atoms with Gasteiger partial charge in [-0.3, -0.25) is 4.79 Å². The molecule has 0 aromatic rings. The highest BCUT2D eigenvalue weighted by atomic mass is 16.7. The Morgan fingerprint density at radius 3 is 2.84 bits per heavy atom. The molecule has 1 aliphatic heterocycles. The van der Waals surface area contributed by atoms with Crippen molar-refractivity contribution in [1.82, 2.24) is 0 Å². The van der Waals surface area contributed by atoms with E-state index in [1.807, 2.05) is 6.08 Å². The molecule has 31 heavy (non-hydrogen) atoms. The number of carbonyl (C=O) groups is 1. The van der Waals surface area contributed by atoms with Crippen molar-refractivity contribution in [1.29, 1.82) is 0 Å². The Balaban J connectivity index is 1.84. The van der Waals surface area contributed by atoms with Gasteiger partial charge in [-0.05, 0) is 44.9 Å². The lowest BCUT2D eigenvalue weighted by Crippen LogP contribution is -2.27. The maximum atomic E-state index is 11.2. The third kappa shape index (κ3) is 10.2. The fourth-order valence-electron chi connectivity index (χ4n) is 4.17. The molecule has 0 bridgehead atoms. The van der Waals surface area contributed by atoms with E-state index in [0.717, 1.165) is 51.6 Å². The summed E-state index contributed by atoms with van der Waals surface area (Å²) in [6, 6.07) is 0. The van der Waals surface area contributed by atoms with Crippen molar-refractivity contribution in [3.8, 4) is 0 Å². The van der Waals surface area contributed by atoms with Crippen molar-refractivity contribution >= 4 is 5.97 Å². The molecular formula is C26H42O5. The molecule has 5 heteroatoms. The first-order valence-electron chi connectivity index (χ1n) is 12.2. The average molecular weight is 435 g/mol. The molecule has 1 N–H and O–H groups in total. The standard InChI is InChI=1S/C26H42O5/c1-3-4-7-12-22(31-26-15-10-11-20-30-26)18-16-21-17-19-24(27)23(21)13-8-5-6-9-14-25(28)29-2/h5,8,16-19,21-24,26-27H,3-4,6-7,9-15,20H2,1-2H3/b8-5-,18-16+. The number of allylic oxidation sites excluding steroid dienone is 4. The fourth-order valence-corrected chi connectivity index (χ4v) is 4.17. The van der Waals surface area contributed by atoms with E-state index in [2.05, 4.69) is 42.0 Å². The van der Waals surface area contributed by atoms with Crippen LogP contribution in [-0.2, 0) is 19.0 Å². The van der Waals surface area contributed by atoms with Crippen LogP contribution in [0.3, 0.4) is 0 Å². The molecule has 1 saturated heterocycles. The van der Waals surface area contributed by atoms with E-state index in [1.54, 1.807) is 0 Å². The second-order valence-corrected chi connectivity index (χ2v) is 8.64. The lowest BCUT2D eigenvalue weighted by Gasteiger charge is -2.27. The van der Waals surface area contributed by atoms with Gasteiger partial charge in [-0.2, -0.15) is 0 Å². The van der Waals surface area contributed by atoms with Crippen molar-refractivity contribution in [2.75, 3.05) is 13.7 Å². The van der Waals surface area contributed by atoms with E-state index in [9.17, 15) is 9.90 Å². The third-order valence-electron chi connectivity index (χ3n) is 6.12. The van der Waals surface area contributed by atoms with Crippen LogP contribution in [0.4, 0.5) is 0 Å². The number of carbonyl (C=O) groups excluding carboxylic acids is 1. The van der Waals surface area contributed by atoms with Crippen LogP contribution >= 0.6 is 0 Å². The minimum Gasteiger partial charge on any atom is -0.469 e. The van der Waals surface area contributed by atoms with E-state index in [-0.39, 0.29) is 30.2 Å². The van der Waals surface area contributed by atoms with Gasteiger partial charge in [-0.15, -0.1) is 0 Å². The Bertz CT molecular complexity index is 576. The largest absolute Gasteiger partial charge is 0.469 e. The smallest absolute Gasteiger partial charge is 0.305 e. The van der Waals surface area contributed by atoms with Crippen LogP contribution < -0.4 is 0 Å². The molecule has 2 aliphatic rings. The zero-order valence-electron chi connectivity index (χ0n) is 19.4. The van der Waals surface area contributed by atoms with Crippen LogP contribution in [0, 0.1) is 11.8 Å². The topological polar surface area (TPSA) is 65.0 Å². The van der Waals surface area contributed by atoms with Crippen molar-refractivity contribution in [2.24, 2.45) is 11.8 Å². The number of rotatable bonds is 14. The molecule has 0 amide bonds. The lowest BCUT2D eigenvalue weighted by molar-refractivity contribution is -0.179. The SMILES string of the molecule is CCCCCC(/C=C/C1C=CC(O)C1C/C=C\CCCC(=O)OC)OC1CCCCO1. The second kappa shape index (κ2) is 15.4. The zero-order chi connectivity index (χ0) is 22.3. The Hall–Kier alpha value is -1.43. The minimum absolute atomic E-state index is 0.0651. The summed E-state index contributed by atoms with van der Waals surface area (Å²) in [5.74, 6) is 0.193. The summed E-state index contributed by atoms with van der Waals surface area (Å²) < 4.78 is 16.7. The highest BCUT2D eigenvalue weighted by Gasteiger charge is 2.28. The Morgan fingerprint density at radius 2 is 2.10 bits per heavy atom. The quantitative estimate of drug-likeness (QED) is 0.223. The Kier molecular flexibility index (Phi) is 12.8. The summed E-state index contributed by atoms with van der Waals surface area (Å²) in [5, 5.41) is 10.4. The number of hydrogen-bond acceptors (Lipinski definition) is 5. The molecule has 0 aromatic heterocycles. The highest BCUT2D eigenvalue weighted by Crippen LogP contribution is 2.31. The van der Waals surface area contributed by atoms with Gasteiger partial charge in [0.05, 0.1) is 19.3 Å². The minimum atomic E-state index is -0.421. The summed E-state index contributed by atoms with van der Waals surface area (Å²) in [7, 11) is 1.42. The number of hydrogen-bond donors (Lipinski definition) is 1. The zero-order valence-corrected chi connectivity index (χ0v) is 19.4. The summed E-state index contributed by atoms with van der Waals surface area (Å²) in [4.78, 5) is 11.2. The van der Waals surface area contributed by atoms with Gasteiger partial charge in [0.2, 0.25) is 0 Å². The maximum Gasteiger partial charge on any atom is 0.305 e. The van der Waals surface area contributed by atoms with Crippen LogP contribution in [0.5, 0.6) is 0 Å². The molecule has 0 radical (unpaired) electrons. The maximum absolute atomic E-state index is 11.2. The van der Waals surface area contributed by atoms with E-state index >= 15 is 0 Å². The summed E-state index contributed by atoms with van der Waals surface area (Å²) in [5.41, 5.74) is 0. The number of unbranched alkanes of at least 4 members (excludes halogenated alkanes) is 3. The average Bonchev–Trinajstić information content (AvgIpc) is 3.14. The fraction of sp³-hybridized carbons (Fsp3) is 0.731. The molecule has 2 rings (SSSR count). The summed E-state index contributed by atoms with van der Waals surface area (Å²) in [6.45, 7) is 3.01. The predicted octanol–water partition coefficient (Wildman–Crippen LogP) is 5.49. The van der Waals surface area contributed by atoms with Gasteiger partial charge in [0.15, 0.2) is 6.29 Å². The number of ether oxygens (including phenoxy) is 3. The first-order chi connectivity index (χ1) is 15.1. The third-order valence-corrected chi connectivity index (χ3v) is 6.12. The van der Waals surface area contributed by atoms with Crippen LogP contribution in [0.15, 0.2) is 36.5 Å². The summed E-state index contributed by atoms with van der Waals surface area (Å²) >= 11 is 0. The van der Waals surface area contributed by atoms with E-state index in [1.165, 1.54) is 26.4 Å². The Labute approximate surface area is 188 Å². The van der Waals surface area contributed by atoms with Crippen LogP contribution in [0.1, 0.15) is 77.6 Å². The van der Waals surface area contributed by atoms with Crippen molar-refractivity contribution in [3.05, 3.63) is 36.5 Å². The first kappa shape index (κ1) is 25.8. The number of methoxy groups -OCH3 is 1. The second-order valence-electron chi connectivity index (χ2n) is 8.64. The van der Waals surface area contributed by atoms with E-state index in [4.69, 9.17) is 9.47 Å². The van der Waals surface area contributed by atoms with Gasteiger partial charge >= 0.3 is 5.97 Å². The van der Waals surface area contributed by atoms with E-state index in [0.29, 0.717) is 6.42 Å². The van der Waals surface area contributed by atoms with Gasteiger partial charge in [0.1, 0.15) is 0 Å². The molecule has 5 atom stereocenters. The van der Waals surface area contributed by atoms with Crippen LogP contribution in [0.25, 0.3) is 0 Å². The molecule has 1 aliphatic carbocycles. The van der Waals surface area contributed by atoms with Crippen LogP contribution in [-0.4, -0.2) is 43.3 Å². The van der Waals surface area contributed by atoms with Crippen molar-refractivity contribution in [2.45, 2.75) is 96.1 Å². The molecule has 176 valence electrons. The molecule has 1 fully saturated rings. The van der Waals surface area contributed by atoms with Gasteiger partial charge in [0, 0.05) is 24.9 Å². The number of aliphatic hydroxyl groups excluding tert-OH is 1. The lowest BCUT2D eigenvalue weighted by atomic mass is 9.89. The monoisotopic (exact) mass is 434 g/mol. The van der Waals surface area contributed by atoms with Gasteiger partial charge in [0.25, 0.3) is 0 Å². The first-order valence-corrected chi connectivity index (χ1v) is 12.2.